The van der Waals surface area contributed by atoms with Crippen LogP contribution in [0, 0.1) is 0 Å². The van der Waals surface area contributed by atoms with Crippen molar-refractivity contribution in [1.29, 1.82) is 0 Å². The van der Waals surface area contributed by atoms with Gasteiger partial charge in [-0.15, -0.1) is 0 Å². The van der Waals surface area contributed by atoms with Crippen LogP contribution < -0.4 is 0 Å². The summed E-state index contributed by atoms with van der Waals surface area (Å²) < 4.78 is 2.16. The molecule has 0 spiro atoms. The van der Waals surface area contributed by atoms with E-state index in [1.165, 1.54) is 0 Å². The third-order valence-electron chi connectivity index (χ3n) is 1.31. The van der Waals surface area contributed by atoms with Gasteiger partial charge in [-0.05, 0) is 0 Å². The van der Waals surface area contributed by atoms with Crippen LogP contribution in [0.15, 0.2) is 0 Å². The van der Waals surface area contributed by atoms with E-state index < -0.39 is 0 Å². The third kappa shape index (κ3) is 3.27. The van der Waals surface area contributed by atoms with Crippen LogP contribution >= 0.6 is 0 Å². The molecule has 0 heterocycles. The van der Waals surface area contributed by atoms with Crippen LogP contribution in [0.5, 0.6) is 0 Å². The van der Waals surface area contributed by atoms with E-state index in [-0.39, 0.29) is 0 Å². The first-order valence-corrected chi connectivity index (χ1v) is 4.48. The summed E-state index contributed by atoms with van der Waals surface area (Å²) >= 11 is 2.02. The fraction of sp³-hybridized carbons (Fsp3) is 0.857. The Morgan fingerprint density at radius 3 is 1.44 bits per heavy atom. The van der Waals surface area contributed by atoms with Crippen LogP contribution in [0.1, 0.15) is 27.7 Å². The van der Waals surface area contributed by atoms with Crippen molar-refractivity contribution < 1.29 is 19.4 Å². The second kappa shape index (κ2) is 4.35. The van der Waals surface area contributed by atoms with E-state index in [0.717, 1.165) is 0 Å². The zero-order chi connectivity index (χ0) is 7.44. The van der Waals surface area contributed by atoms with Gasteiger partial charge in [0.1, 0.15) is 0 Å². The molecule has 0 aliphatic heterocycles. The molecule has 0 saturated heterocycles. The number of nitrogens with zero attached hydrogens (tertiary/aromatic N) is 1. The topological polar surface area (TPSA) is 3.24 Å². The molecule has 0 aromatic heterocycles. The Labute approximate surface area is 68.8 Å². The number of hydrogen-bond acceptors (Lipinski definition) is 1. The third-order valence-corrected chi connectivity index (χ3v) is 1.91. The van der Waals surface area contributed by atoms with E-state index in [1.807, 2.05) is 19.4 Å². The molecular weight excluding hydrogens is 194 g/mol. The van der Waals surface area contributed by atoms with Crippen molar-refractivity contribution in [3.05, 3.63) is 0 Å². The van der Waals surface area contributed by atoms with Gasteiger partial charge in [-0.1, -0.05) is 0 Å². The van der Waals surface area contributed by atoms with Gasteiger partial charge in [0.25, 0.3) is 0 Å². The minimum absolute atomic E-state index is 0.637. The van der Waals surface area contributed by atoms with Crippen molar-refractivity contribution in [2.45, 2.75) is 39.8 Å². The first kappa shape index (κ1) is 9.52. The van der Waals surface area contributed by atoms with E-state index in [1.54, 1.807) is 0 Å². The van der Waals surface area contributed by atoms with Crippen molar-refractivity contribution >= 4 is 4.52 Å². The summed E-state index contributed by atoms with van der Waals surface area (Å²) in [6.07, 6.45) is 0. The molecule has 0 N–H and O–H groups in total. The van der Waals surface area contributed by atoms with Crippen LogP contribution in [0.4, 0.5) is 0 Å². The Kier molecular flexibility index (Phi) is 4.60. The summed E-state index contributed by atoms with van der Waals surface area (Å²) in [4.78, 5) is 2.34. The van der Waals surface area contributed by atoms with Crippen LogP contribution in [0.3, 0.4) is 0 Å². The molecule has 0 fully saturated rings. The minimum atomic E-state index is 0.637. The predicted octanol–water partition coefficient (Wildman–Crippen LogP) is 1.41. The normalized spacial score (nSPS) is 11.4. The monoisotopic (exact) mass is 211 g/mol. The van der Waals surface area contributed by atoms with Gasteiger partial charge in [0.2, 0.25) is 0 Å². The molecule has 0 aromatic carbocycles. The molecular formula is C7H15MoN. The van der Waals surface area contributed by atoms with Crippen LogP contribution in [-0.2, 0) is 19.4 Å². The van der Waals surface area contributed by atoms with E-state index in [4.69, 9.17) is 0 Å². The van der Waals surface area contributed by atoms with Gasteiger partial charge in [0.05, 0.1) is 0 Å². The first-order chi connectivity index (χ1) is 4.09. The summed E-state index contributed by atoms with van der Waals surface area (Å²) in [5.74, 6) is 0. The maximum absolute atomic E-state index is 2.34. The molecule has 9 heavy (non-hydrogen) atoms. The molecule has 0 atom stereocenters. The molecule has 0 aromatic rings. The van der Waals surface area contributed by atoms with Gasteiger partial charge in [-0.3, -0.25) is 0 Å². The Balaban J connectivity index is 3.82. The Bertz CT molecular complexity index is 80.9. The van der Waals surface area contributed by atoms with Crippen LogP contribution in [0.2, 0.25) is 0 Å². The molecule has 2 heteroatoms. The van der Waals surface area contributed by atoms with E-state index in [2.05, 4.69) is 37.1 Å². The van der Waals surface area contributed by atoms with Gasteiger partial charge in [-0.25, -0.2) is 0 Å². The molecule has 0 saturated carbocycles. The van der Waals surface area contributed by atoms with Gasteiger partial charge in [0, 0.05) is 0 Å². The van der Waals surface area contributed by atoms with Gasteiger partial charge in [0.15, 0.2) is 0 Å². The van der Waals surface area contributed by atoms with Gasteiger partial charge >= 0.3 is 68.6 Å². The fourth-order valence-corrected chi connectivity index (χ4v) is 2.04. The average Bonchev–Trinajstić information content (AvgIpc) is 1.64. The van der Waals surface area contributed by atoms with Crippen molar-refractivity contribution in [3.8, 4) is 0 Å². The predicted molar refractivity (Wildman–Crippen MR) is 38.2 cm³/mol. The molecule has 1 nitrogen and oxygen atoms in total. The summed E-state index contributed by atoms with van der Waals surface area (Å²) in [5, 5.41) is 0. The standard InChI is InChI=1S/C7H15N.Mo/c1-6(2)8(5)7(3)4;/h5-7H,1-4H3;. The zero-order valence-corrected chi connectivity index (χ0v) is 8.59. The van der Waals surface area contributed by atoms with E-state index >= 15 is 0 Å². The number of rotatable bonds is 3. The first-order valence-electron chi connectivity index (χ1n) is 3.32. The SMILES string of the molecule is CC(C)N([CH]=[Mo])C(C)C. The van der Waals surface area contributed by atoms with E-state index in [9.17, 15) is 0 Å². The number of hydrogen-bond donors (Lipinski definition) is 0. The Morgan fingerprint density at radius 1 is 1.11 bits per heavy atom. The molecule has 0 radical (unpaired) electrons. The van der Waals surface area contributed by atoms with Crippen molar-refractivity contribution in [2.24, 2.45) is 0 Å². The summed E-state index contributed by atoms with van der Waals surface area (Å²) in [7, 11) is 0. The van der Waals surface area contributed by atoms with Crippen molar-refractivity contribution in [1.82, 2.24) is 4.90 Å². The molecule has 0 aliphatic carbocycles. The molecule has 0 rings (SSSR count). The zero-order valence-electron chi connectivity index (χ0n) is 6.59. The van der Waals surface area contributed by atoms with Crippen LogP contribution in [0.25, 0.3) is 0 Å². The quantitative estimate of drug-likeness (QED) is 0.635. The molecule has 0 bridgehead atoms. The van der Waals surface area contributed by atoms with Gasteiger partial charge in [-0.2, -0.15) is 0 Å². The molecule has 0 amide bonds. The molecule has 54 valence electrons. The van der Waals surface area contributed by atoms with E-state index in [0.29, 0.717) is 12.1 Å². The Hall–Kier alpha value is 0.518. The second-order valence-corrected chi connectivity index (χ2v) is 3.26. The van der Waals surface area contributed by atoms with Crippen molar-refractivity contribution in [2.75, 3.05) is 0 Å². The summed E-state index contributed by atoms with van der Waals surface area (Å²) in [6, 6.07) is 1.27. The summed E-state index contributed by atoms with van der Waals surface area (Å²) in [6.45, 7) is 8.84. The van der Waals surface area contributed by atoms with Crippen LogP contribution in [-0.4, -0.2) is 21.5 Å². The fourth-order valence-electron chi connectivity index (χ4n) is 0.840. The maximum atomic E-state index is 2.34. The molecule has 0 unspecified atom stereocenters. The average molecular weight is 209 g/mol. The Morgan fingerprint density at radius 2 is 1.44 bits per heavy atom. The van der Waals surface area contributed by atoms with Crippen molar-refractivity contribution in [3.63, 3.8) is 0 Å². The second-order valence-electron chi connectivity index (χ2n) is 2.74. The summed E-state index contributed by atoms with van der Waals surface area (Å²) in [5.41, 5.74) is 0. The molecule has 0 aliphatic rings. The van der Waals surface area contributed by atoms with Gasteiger partial charge < -0.3 is 0 Å².